The maximum absolute atomic E-state index is 10.9. The zero-order valence-corrected chi connectivity index (χ0v) is 11.1. The highest BCUT2D eigenvalue weighted by Crippen LogP contribution is 2.22. The van der Waals surface area contributed by atoms with Crippen LogP contribution in [-0.2, 0) is 4.79 Å². The summed E-state index contributed by atoms with van der Waals surface area (Å²) in [5, 5.41) is 9.19. The highest BCUT2D eigenvalue weighted by atomic mass is 32.1. The van der Waals surface area contributed by atoms with Gasteiger partial charge in [-0.25, -0.2) is 0 Å². The summed E-state index contributed by atoms with van der Waals surface area (Å²) in [7, 11) is 0. The van der Waals surface area contributed by atoms with Crippen LogP contribution in [0.4, 0.5) is 0 Å². The minimum atomic E-state index is -0.765. The molecule has 0 aromatic rings. The summed E-state index contributed by atoms with van der Waals surface area (Å²) in [5.74, 6) is -1.13. The van der Waals surface area contributed by atoms with E-state index in [1.807, 2.05) is 13.8 Å². The van der Waals surface area contributed by atoms with Crippen LogP contribution in [0.3, 0.4) is 0 Å². The number of aliphatic carboxylic acids is 1. The Balaban J connectivity index is 4.16. The van der Waals surface area contributed by atoms with Crippen molar-refractivity contribution >= 4 is 43.9 Å². The van der Waals surface area contributed by atoms with Gasteiger partial charge in [0.2, 0.25) is 0 Å². The predicted molar refractivity (Wildman–Crippen MR) is 70.0 cm³/mol. The summed E-state index contributed by atoms with van der Waals surface area (Å²) < 4.78 is 0. The Bertz CT molecular complexity index is 183. The smallest absolute Gasteiger partial charge is 0.306 e. The molecular formula is C9H18O2S3. The molecule has 4 unspecified atom stereocenters. The average molecular weight is 254 g/mol. The first-order valence-corrected chi connectivity index (χ1v) is 6.16. The van der Waals surface area contributed by atoms with Gasteiger partial charge in [0.25, 0.3) is 0 Å². The summed E-state index contributed by atoms with van der Waals surface area (Å²) in [6.45, 7) is 3.82. The van der Waals surface area contributed by atoms with Gasteiger partial charge >= 0.3 is 5.97 Å². The molecule has 0 aliphatic carbocycles. The van der Waals surface area contributed by atoms with Crippen LogP contribution in [0, 0.1) is 5.92 Å². The molecule has 2 nitrogen and oxygen atoms in total. The van der Waals surface area contributed by atoms with E-state index in [1.54, 1.807) is 0 Å². The Labute approximate surface area is 102 Å². The highest BCUT2D eigenvalue weighted by Gasteiger charge is 2.23. The van der Waals surface area contributed by atoms with Crippen molar-refractivity contribution in [3.05, 3.63) is 0 Å². The predicted octanol–water partition coefficient (Wildman–Crippen LogP) is 2.40. The van der Waals surface area contributed by atoms with Crippen LogP contribution in [0.5, 0.6) is 0 Å². The Morgan fingerprint density at radius 2 is 1.71 bits per heavy atom. The van der Waals surface area contributed by atoms with Crippen LogP contribution >= 0.6 is 37.9 Å². The van der Waals surface area contributed by atoms with Crippen molar-refractivity contribution < 1.29 is 9.90 Å². The Morgan fingerprint density at radius 3 is 2.00 bits per heavy atom. The number of carboxylic acids is 1. The van der Waals surface area contributed by atoms with Crippen LogP contribution in [0.15, 0.2) is 0 Å². The second kappa shape index (κ2) is 6.90. The molecule has 0 spiro atoms. The number of thiol groups is 3. The monoisotopic (exact) mass is 254 g/mol. The number of hydrogen-bond acceptors (Lipinski definition) is 4. The van der Waals surface area contributed by atoms with Crippen molar-refractivity contribution in [2.75, 3.05) is 0 Å². The zero-order chi connectivity index (χ0) is 11.3. The highest BCUT2D eigenvalue weighted by molar-refractivity contribution is 7.85. The van der Waals surface area contributed by atoms with Gasteiger partial charge in [-0.3, -0.25) is 4.79 Å². The maximum Gasteiger partial charge on any atom is 0.306 e. The molecule has 14 heavy (non-hydrogen) atoms. The van der Waals surface area contributed by atoms with E-state index in [9.17, 15) is 4.79 Å². The normalized spacial score (nSPS) is 19.8. The van der Waals surface area contributed by atoms with E-state index < -0.39 is 5.97 Å². The van der Waals surface area contributed by atoms with Crippen LogP contribution in [0.25, 0.3) is 0 Å². The summed E-state index contributed by atoms with van der Waals surface area (Å²) in [4.78, 5) is 10.9. The number of carbonyl (C=O) groups is 1. The van der Waals surface area contributed by atoms with E-state index in [-0.39, 0.29) is 21.7 Å². The molecule has 0 heterocycles. The molecule has 0 amide bonds. The van der Waals surface area contributed by atoms with Gasteiger partial charge in [-0.2, -0.15) is 37.9 Å². The minimum Gasteiger partial charge on any atom is -0.481 e. The Morgan fingerprint density at radius 1 is 1.21 bits per heavy atom. The third-order valence-electron chi connectivity index (χ3n) is 2.06. The van der Waals surface area contributed by atoms with Gasteiger partial charge in [0, 0.05) is 10.5 Å². The number of rotatable bonds is 6. The molecule has 0 rings (SSSR count). The van der Waals surface area contributed by atoms with Gasteiger partial charge in [0.1, 0.15) is 0 Å². The molecule has 84 valence electrons. The van der Waals surface area contributed by atoms with Gasteiger partial charge in [0.15, 0.2) is 0 Å². The molecule has 0 saturated heterocycles. The van der Waals surface area contributed by atoms with Gasteiger partial charge in [-0.1, -0.05) is 13.8 Å². The van der Waals surface area contributed by atoms with E-state index in [4.69, 9.17) is 5.11 Å². The second-order valence-corrected chi connectivity index (χ2v) is 6.02. The molecule has 0 aromatic heterocycles. The quantitative estimate of drug-likeness (QED) is 0.550. The lowest BCUT2D eigenvalue weighted by Gasteiger charge is -2.20. The summed E-state index contributed by atoms with van der Waals surface area (Å²) in [5.41, 5.74) is 0. The molecule has 0 aromatic carbocycles. The minimum absolute atomic E-state index is 0.0199. The third kappa shape index (κ3) is 6.09. The topological polar surface area (TPSA) is 37.3 Å². The molecule has 1 N–H and O–H groups in total. The summed E-state index contributed by atoms with van der Waals surface area (Å²) >= 11 is 12.8. The molecule has 0 radical (unpaired) electrons. The molecular weight excluding hydrogens is 236 g/mol. The van der Waals surface area contributed by atoms with Crippen LogP contribution in [-0.4, -0.2) is 26.8 Å². The van der Waals surface area contributed by atoms with Crippen LogP contribution < -0.4 is 0 Å². The zero-order valence-electron chi connectivity index (χ0n) is 8.42. The lowest BCUT2D eigenvalue weighted by Crippen LogP contribution is -2.24. The van der Waals surface area contributed by atoms with E-state index in [1.165, 1.54) is 0 Å². The lowest BCUT2D eigenvalue weighted by atomic mass is 9.97. The fraction of sp³-hybridized carbons (Fsp3) is 0.889. The SMILES string of the molecule is CC(S)CC(CC(S)C(C)S)C(=O)O. The van der Waals surface area contributed by atoms with Gasteiger partial charge < -0.3 is 5.11 Å². The van der Waals surface area contributed by atoms with Crippen molar-refractivity contribution in [2.45, 2.75) is 42.4 Å². The Kier molecular flexibility index (Phi) is 7.16. The molecule has 0 fully saturated rings. The van der Waals surface area contributed by atoms with Gasteiger partial charge in [0.05, 0.1) is 5.92 Å². The third-order valence-corrected chi connectivity index (χ3v) is 3.52. The summed E-state index contributed by atoms with van der Waals surface area (Å²) in [6.07, 6.45) is 1.13. The molecule has 0 saturated carbocycles. The van der Waals surface area contributed by atoms with Crippen molar-refractivity contribution in [1.29, 1.82) is 0 Å². The molecule has 4 atom stereocenters. The van der Waals surface area contributed by atoms with Gasteiger partial charge in [-0.15, -0.1) is 0 Å². The van der Waals surface area contributed by atoms with Crippen molar-refractivity contribution in [1.82, 2.24) is 0 Å². The van der Waals surface area contributed by atoms with E-state index in [2.05, 4.69) is 37.9 Å². The van der Waals surface area contributed by atoms with E-state index in [0.29, 0.717) is 12.8 Å². The van der Waals surface area contributed by atoms with E-state index in [0.717, 1.165) is 0 Å². The standard InChI is InChI=1S/C9H18O2S3/c1-5(12)3-7(9(10)11)4-8(14)6(2)13/h5-8,12-14H,3-4H2,1-2H3,(H,10,11). The second-order valence-electron chi connectivity index (χ2n) is 3.66. The first-order valence-electron chi connectivity index (χ1n) is 4.61. The molecule has 0 aliphatic rings. The van der Waals surface area contributed by atoms with Crippen molar-refractivity contribution in [3.8, 4) is 0 Å². The average Bonchev–Trinajstić information content (AvgIpc) is 2.01. The molecule has 5 heteroatoms. The van der Waals surface area contributed by atoms with Crippen molar-refractivity contribution in [2.24, 2.45) is 5.92 Å². The van der Waals surface area contributed by atoms with E-state index >= 15 is 0 Å². The first kappa shape index (κ1) is 14.5. The van der Waals surface area contributed by atoms with Crippen LogP contribution in [0.1, 0.15) is 26.7 Å². The summed E-state index contributed by atoms with van der Waals surface area (Å²) in [6, 6.07) is 0. The fourth-order valence-corrected chi connectivity index (χ4v) is 1.83. The molecule has 0 aliphatic heterocycles. The fourth-order valence-electron chi connectivity index (χ4n) is 1.20. The Hall–Kier alpha value is 0.520. The van der Waals surface area contributed by atoms with Crippen molar-refractivity contribution in [3.63, 3.8) is 0 Å². The van der Waals surface area contributed by atoms with Crippen LogP contribution in [0.2, 0.25) is 0 Å². The maximum atomic E-state index is 10.9. The first-order chi connectivity index (χ1) is 6.34. The number of hydrogen-bond donors (Lipinski definition) is 4. The van der Waals surface area contributed by atoms with Gasteiger partial charge in [-0.05, 0) is 18.1 Å². The largest absolute Gasteiger partial charge is 0.481 e. The number of carboxylic acid groups (broad SMARTS) is 1. The lowest BCUT2D eigenvalue weighted by molar-refractivity contribution is -0.142. The molecule has 0 bridgehead atoms.